The highest BCUT2D eigenvalue weighted by Gasteiger charge is 2.09. The first-order valence-corrected chi connectivity index (χ1v) is 4.57. The van der Waals surface area contributed by atoms with E-state index in [0.717, 1.165) is 0 Å². The van der Waals surface area contributed by atoms with Crippen LogP contribution in [0.3, 0.4) is 0 Å². The van der Waals surface area contributed by atoms with Gasteiger partial charge in [0, 0.05) is 12.4 Å². The normalized spacial score (nSPS) is 10.5. The highest BCUT2D eigenvalue weighted by molar-refractivity contribution is 5.75. The fourth-order valence-corrected chi connectivity index (χ4v) is 1.10. The summed E-state index contributed by atoms with van der Waals surface area (Å²) in [6.07, 6.45) is 3.26. The molecule has 0 saturated carbocycles. The first-order valence-electron chi connectivity index (χ1n) is 4.57. The Hall–Kier alpha value is -2.22. The van der Waals surface area contributed by atoms with E-state index in [1.807, 2.05) is 0 Å². The molecular weight excluding hydrogens is 212 g/mol. The molecule has 0 saturated heterocycles. The topological polar surface area (TPSA) is 123 Å². The number of primary amides is 1. The maximum Gasteiger partial charge on any atom is 0.241 e. The molecule has 16 heavy (non-hydrogen) atoms. The number of aromatic amines is 1. The van der Waals surface area contributed by atoms with E-state index in [-0.39, 0.29) is 13.1 Å². The Bertz CT molecular complexity index is 463. The number of amides is 1. The Kier molecular flexibility index (Phi) is 2.92. The number of imidazole rings is 1. The van der Waals surface area contributed by atoms with Crippen molar-refractivity contribution >= 4 is 5.91 Å². The van der Waals surface area contributed by atoms with Gasteiger partial charge in [-0.2, -0.15) is 4.98 Å². The molecule has 0 spiro atoms. The monoisotopic (exact) mass is 222 g/mol. The number of nitrogens with zero attached hydrogens (tertiary/aromatic N) is 3. The van der Waals surface area contributed by atoms with Crippen LogP contribution in [-0.4, -0.2) is 32.6 Å². The molecular formula is C8H10N6O2. The molecule has 0 atom stereocenters. The van der Waals surface area contributed by atoms with Crippen LogP contribution in [0.2, 0.25) is 0 Å². The number of rotatable bonds is 5. The van der Waals surface area contributed by atoms with E-state index in [9.17, 15) is 4.79 Å². The van der Waals surface area contributed by atoms with Crippen molar-refractivity contribution in [3.63, 3.8) is 0 Å². The molecule has 8 nitrogen and oxygen atoms in total. The lowest BCUT2D eigenvalue weighted by molar-refractivity contribution is -0.117. The summed E-state index contributed by atoms with van der Waals surface area (Å²) in [4.78, 5) is 21.3. The minimum atomic E-state index is -0.439. The van der Waals surface area contributed by atoms with Crippen molar-refractivity contribution in [2.45, 2.75) is 6.54 Å². The van der Waals surface area contributed by atoms with E-state index < -0.39 is 5.91 Å². The number of H-pyrrole nitrogens is 1. The first-order chi connectivity index (χ1) is 7.75. The van der Waals surface area contributed by atoms with Gasteiger partial charge in [-0.1, -0.05) is 5.16 Å². The molecule has 0 aromatic carbocycles. The van der Waals surface area contributed by atoms with Crippen molar-refractivity contribution in [2.75, 3.05) is 6.54 Å². The highest BCUT2D eigenvalue weighted by atomic mass is 16.5. The average Bonchev–Trinajstić information content (AvgIpc) is 2.85. The number of nitrogens with two attached hydrogens (primary N) is 1. The summed E-state index contributed by atoms with van der Waals surface area (Å²) in [6, 6.07) is 0. The molecule has 84 valence electrons. The molecule has 2 aromatic rings. The Morgan fingerprint density at radius 3 is 3.19 bits per heavy atom. The molecule has 8 heteroatoms. The Balaban J connectivity index is 1.95. The van der Waals surface area contributed by atoms with Gasteiger partial charge in [0.15, 0.2) is 5.82 Å². The lowest BCUT2D eigenvalue weighted by Crippen LogP contribution is -2.28. The summed E-state index contributed by atoms with van der Waals surface area (Å²) in [7, 11) is 0. The molecule has 0 unspecified atom stereocenters. The summed E-state index contributed by atoms with van der Waals surface area (Å²) in [5.41, 5.74) is 4.96. The van der Waals surface area contributed by atoms with Crippen molar-refractivity contribution in [3.05, 3.63) is 18.3 Å². The molecule has 0 bridgehead atoms. The maximum atomic E-state index is 10.5. The lowest BCUT2D eigenvalue weighted by atomic mass is 10.5. The van der Waals surface area contributed by atoms with E-state index in [4.69, 9.17) is 10.3 Å². The van der Waals surface area contributed by atoms with Crippen molar-refractivity contribution < 1.29 is 9.32 Å². The molecule has 2 aromatic heterocycles. The molecule has 0 fully saturated rings. The standard InChI is InChI=1S/C8H10N6O2/c9-5(15)3-10-4-6-13-8(14-16-6)7-11-1-2-12-7/h1-2,10H,3-4H2,(H2,9,15)(H,11,12). The lowest BCUT2D eigenvalue weighted by Gasteiger charge is -1.95. The minimum Gasteiger partial charge on any atom is -0.369 e. The van der Waals surface area contributed by atoms with Crippen LogP contribution >= 0.6 is 0 Å². The molecule has 4 N–H and O–H groups in total. The van der Waals surface area contributed by atoms with Gasteiger partial charge >= 0.3 is 0 Å². The van der Waals surface area contributed by atoms with Crippen LogP contribution < -0.4 is 11.1 Å². The van der Waals surface area contributed by atoms with Crippen LogP contribution in [-0.2, 0) is 11.3 Å². The second kappa shape index (κ2) is 4.53. The third-order valence-corrected chi connectivity index (χ3v) is 1.75. The molecule has 0 aliphatic carbocycles. The summed E-state index contributed by atoms with van der Waals surface area (Å²) in [6.45, 7) is 0.356. The Labute approximate surface area is 90.2 Å². The van der Waals surface area contributed by atoms with Crippen LogP contribution in [0.15, 0.2) is 16.9 Å². The number of hydrogen-bond donors (Lipinski definition) is 3. The highest BCUT2D eigenvalue weighted by Crippen LogP contribution is 2.08. The van der Waals surface area contributed by atoms with Gasteiger partial charge in [0.05, 0.1) is 13.1 Å². The van der Waals surface area contributed by atoms with Crippen LogP contribution in [0.5, 0.6) is 0 Å². The zero-order valence-electron chi connectivity index (χ0n) is 8.30. The van der Waals surface area contributed by atoms with E-state index in [1.54, 1.807) is 12.4 Å². The van der Waals surface area contributed by atoms with Gasteiger partial charge in [-0.05, 0) is 0 Å². The zero-order valence-corrected chi connectivity index (χ0v) is 8.30. The Morgan fingerprint density at radius 1 is 1.62 bits per heavy atom. The molecule has 0 aliphatic heterocycles. The van der Waals surface area contributed by atoms with E-state index in [0.29, 0.717) is 17.5 Å². The number of carbonyl (C=O) groups is 1. The molecule has 0 aliphatic rings. The van der Waals surface area contributed by atoms with Crippen molar-refractivity contribution in [3.8, 4) is 11.6 Å². The van der Waals surface area contributed by atoms with Crippen molar-refractivity contribution in [1.29, 1.82) is 0 Å². The van der Waals surface area contributed by atoms with E-state index >= 15 is 0 Å². The Morgan fingerprint density at radius 2 is 2.50 bits per heavy atom. The third kappa shape index (κ3) is 2.42. The summed E-state index contributed by atoms with van der Waals surface area (Å²) in [5, 5.41) is 6.48. The molecule has 2 heterocycles. The fourth-order valence-electron chi connectivity index (χ4n) is 1.10. The van der Waals surface area contributed by atoms with E-state index in [2.05, 4.69) is 25.4 Å². The predicted molar refractivity (Wildman–Crippen MR) is 52.8 cm³/mol. The molecule has 1 amide bonds. The number of aromatic nitrogens is 4. The van der Waals surface area contributed by atoms with Crippen LogP contribution in [0.4, 0.5) is 0 Å². The van der Waals surface area contributed by atoms with Crippen molar-refractivity contribution in [1.82, 2.24) is 25.4 Å². The first kappa shape index (κ1) is 10.3. The number of carbonyl (C=O) groups excluding carboxylic acids is 1. The average molecular weight is 222 g/mol. The van der Waals surface area contributed by atoms with Gasteiger partial charge < -0.3 is 15.2 Å². The number of nitrogens with one attached hydrogen (secondary N) is 2. The van der Waals surface area contributed by atoms with Gasteiger partial charge in [0.1, 0.15) is 0 Å². The molecule has 0 radical (unpaired) electrons. The quantitative estimate of drug-likeness (QED) is 0.598. The maximum absolute atomic E-state index is 10.5. The summed E-state index contributed by atoms with van der Waals surface area (Å²) in [5.74, 6) is 0.837. The smallest absolute Gasteiger partial charge is 0.241 e. The van der Waals surface area contributed by atoms with Crippen LogP contribution in [0, 0.1) is 0 Å². The summed E-state index contributed by atoms with van der Waals surface area (Å²) < 4.78 is 4.93. The SMILES string of the molecule is NC(=O)CNCc1nc(-c2ncc[nH]2)no1. The fraction of sp³-hybridized carbons (Fsp3) is 0.250. The van der Waals surface area contributed by atoms with Gasteiger partial charge in [-0.15, -0.1) is 0 Å². The third-order valence-electron chi connectivity index (χ3n) is 1.75. The van der Waals surface area contributed by atoms with Gasteiger partial charge in [0.25, 0.3) is 0 Å². The predicted octanol–water partition coefficient (Wildman–Crippen LogP) is -0.965. The van der Waals surface area contributed by atoms with Gasteiger partial charge in [-0.25, -0.2) is 4.98 Å². The zero-order chi connectivity index (χ0) is 11.4. The molecule has 2 rings (SSSR count). The van der Waals surface area contributed by atoms with Crippen LogP contribution in [0.1, 0.15) is 5.89 Å². The number of hydrogen-bond acceptors (Lipinski definition) is 6. The minimum absolute atomic E-state index is 0.0679. The van der Waals surface area contributed by atoms with Gasteiger partial charge in [0.2, 0.25) is 17.6 Å². The summed E-state index contributed by atoms with van der Waals surface area (Å²) >= 11 is 0. The largest absolute Gasteiger partial charge is 0.369 e. The second-order valence-electron chi connectivity index (χ2n) is 3.02. The van der Waals surface area contributed by atoms with Gasteiger partial charge in [-0.3, -0.25) is 10.1 Å². The van der Waals surface area contributed by atoms with Crippen molar-refractivity contribution in [2.24, 2.45) is 5.73 Å². The second-order valence-corrected chi connectivity index (χ2v) is 3.02. The van der Waals surface area contributed by atoms with Crippen LogP contribution in [0.25, 0.3) is 11.6 Å². The van der Waals surface area contributed by atoms with E-state index in [1.165, 1.54) is 0 Å².